The Morgan fingerprint density at radius 2 is 1.88 bits per heavy atom. The molecule has 3 rings (SSSR count). The molecule has 0 radical (unpaired) electrons. The van der Waals surface area contributed by atoms with Crippen molar-refractivity contribution in [2.24, 2.45) is 0 Å². The number of amides is 1. The number of anilines is 1. The van der Waals surface area contributed by atoms with Crippen molar-refractivity contribution in [1.82, 2.24) is 4.31 Å². The number of carbonyl (C=O) groups is 1. The van der Waals surface area contributed by atoms with Gasteiger partial charge in [0.2, 0.25) is 10.0 Å². The number of halogens is 1. The first-order valence-electron chi connectivity index (χ1n) is 8.41. The van der Waals surface area contributed by atoms with Gasteiger partial charge in [-0.3, -0.25) is 4.79 Å². The fourth-order valence-electron chi connectivity index (χ4n) is 2.97. The number of nitrogens with zero attached hydrogens (tertiary/aromatic N) is 2. The van der Waals surface area contributed by atoms with Gasteiger partial charge in [-0.05, 0) is 50.1 Å². The maximum Gasteiger partial charge on any atom is 0.259 e. The van der Waals surface area contributed by atoms with Crippen LogP contribution >= 0.6 is 11.6 Å². The van der Waals surface area contributed by atoms with Crippen molar-refractivity contribution in [3.63, 3.8) is 0 Å². The average Bonchev–Trinajstić information content (AvgIpc) is 3.04. The molecule has 1 heterocycles. The van der Waals surface area contributed by atoms with E-state index in [2.05, 4.69) is 0 Å². The largest absolute Gasteiger partial charge is 0.308 e. The topological polar surface area (TPSA) is 57.7 Å². The van der Waals surface area contributed by atoms with Crippen LogP contribution in [0.5, 0.6) is 0 Å². The third-order valence-electron chi connectivity index (χ3n) is 4.70. The van der Waals surface area contributed by atoms with Gasteiger partial charge in [0.15, 0.2) is 0 Å². The van der Waals surface area contributed by atoms with E-state index < -0.39 is 10.0 Å². The lowest BCUT2D eigenvalue weighted by atomic mass is 10.1. The van der Waals surface area contributed by atoms with Crippen LogP contribution in [0, 0.1) is 0 Å². The number of sulfonamides is 1. The fourth-order valence-corrected chi connectivity index (χ4v) is 4.56. The summed E-state index contributed by atoms with van der Waals surface area (Å²) in [5, 5.41) is 0.241. The molecule has 7 heteroatoms. The fraction of sp³-hybridized carbons (Fsp3) is 0.316. The first kappa shape index (κ1) is 18.9. The van der Waals surface area contributed by atoms with E-state index in [1.807, 2.05) is 24.3 Å². The van der Waals surface area contributed by atoms with Crippen molar-refractivity contribution in [1.29, 1.82) is 0 Å². The number of hydrogen-bond donors (Lipinski definition) is 0. The summed E-state index contributed by atoms with van der Waals surface area (Å²) in [4.78, 5) is 14.8. The Kier molecular flexibility index (Phi) is 5.10. The number of fused-ring (bicyclic) bond motifs is 1. The molecule has 2 aromatic rings. The van der Waals surface area contributed by atoms with E-state index in [4.69, 9.17) is 11.6 Å². The van der Waals surface area contributed by atoms with Crippen LogP contribution in [-0.4, -0.2) is 38.3 Å². The molecule has 1 amide bonds. The number of benzene rings is 2. The molecule has 2 aromatic carbocycles. The smallest absolute Gasteiger partial charge is 0.259 e. The molecule has 0 saturated heterocycles. The molecular formula is C19H21ClN2O3S. The van der Waals surface area contributed by atoms with Crippen molar-refractivity contribution in [3.8, 4) is 0 Å². The van der Waals surface area contributed by atoms with E-state index in [0.29, 0.717) is 6.54 Å². The summed E-state index contributed by atoms with van der Waals surface area (Å²) in [5.74, 6) is -0.288. The Hall–Kier alpha value is -1.89. The third-order valence-corrected chi connectivity index (χ3v) is 7.06. The summed E-state index contributed by atoms with van der Waals surface area (Å²) in [6.07, 6.45) is 0.771. The normalized spacial score (nSPS) is 14.2. The highest BCUT2D eigenvalue weighted by Gasteiger charge is 2.29. The molecule has 0 N–H and O–H groups in total. The molecule has 0 bridgehead atoms. The van der Waals surface area contributed by atoms with Crippen LogP contribution in [0.3, 0.4) is 0 Å². The molecule has 0 aromatic heterocycles. The molecule has 138 valence electrons. The Morgan fingerprint density at radius 1 is 1.19 bits per heavy atom. The van der Waals surface area contributed by atoms with Crippen molar-refractivity contribution in [3.05, 3.63) is 58.6 Å². The minimum atomic E-state index is -3.69. The first-order chi connectivity index (χ1) is 12.2. The molecule has 0 spiro atoms. The number of para-hydroxylation sites is 1. The summed E-state index contributed by atoms with van der Waals surface area (Å²) in [6, 6.07) is 11.8. The molecule has 1 aliphatic rings. The summed E-state index contributed by atoms with van der Waals surface area (Å²) < 4.78 is 26.7. The Labute approximate surface area is 159 Å². The predicted octanol–water partition coefficient (Wildman–Crippen LogP) is 3.57. The monoisotopic (exact) mass is 392 g/mol. The highest BCUT2D eigenvalue weighted by Crippen LogP contribution is 2.31. The van der Waals surface area contributed by atoms with Crippen molar-refractivity contribution in [2.75, 3.05) is 18.5 Å². The number of rotatable bonds is 4. The maximum atomic E-state index is 13.0. The molecule has 0 atom stereocenters. The average molecular weight is 393 g/mol. The van der Waals surface area contributed by atoms with E-state index in [1.165, 1.54) is 29.6 Å². The van der Waals surface area contributed by atoms with Crippen LogP contribution in [0.2, 0.25) is 5.02 Å². The van der Waals surface area contributed by atoms with Gasteiger partial charge in [-0.15, -0.1) is 0 Å². The number of carbonyl (C=O) groups excluding carboxylic acids is 1. The van der Waals surface area contributed by atoms with E-state index in [0.717, 1.165) is 17.7 Å². The van der Waals surface area contributed by atoms with Crippen molar-refractivity contribution < 1.29 is 13.2 Å². The van der Waals surface area contributed by atoms with Gasteiger partial charge in [-0.1, -0.05) is 29.8 Å². The summed E-state index contributed by atoms with van der Waals surface area (Å²) in [5.41, 5.74) is 2.14. The summed E-state index contributed by atoms with van der Waals surface area (Å²) in [6.45, 7) is 4.14. The Balaban J connectivity index is 2.01. The molecule has 1 aliphatic heterocycles. The van der Waals surface area contributed by atoms with Gasteiger partial charge < -0.3 is 4.90 Å². The second-order valence-electron chi connectivity index (χ2n) is 6.59. The highest BCUT2D eigenvalue weighted by molar-refractivity contribution is 7.89. The Bertz CT molecular complexity index is 957. The molecule has 0 aliphatic carbocycles. The molecule has 26 heavy (non-hydrogen) atoms. The number of hydrogen-bond acceptors (Lipinski definition) is 3. The van der Waals surface area contributed by atoms with Gasteiger partial charge in [-0.2, -0.15) is 4.31 Å². The van der Waals surface area contributed by atoms with E-state index >= 15 is 0 Å². The van der Waals surface area contributed by atoms with Crippen LogP contribution < -0.4 is 4.90 Å². The second kappa shape index (κ2) is 7.02. The zero-order chi connectivity index (χ0) is 19.1. The lowest BCUT2D eigenvalue weighted by molar-refractivity contribution is 0.0989. The van der Waals surface area contributed by atoms with Crippen molar-refractivity contribution >= 4 is 33.2 Å². The van der Waals surface area contributed by atoms with Crippen molar-refractivity contribution in [2.45, 2.75) is 31.2 Å². The van der Waals surface area contributed by atoms with E-state index in [9.17, 15) is 13.2 Å². The Morgan fingerprint density at radius 3 is 2.58 bits per heavy atom. The minimum absolute atomic E-state index is 0.0638. The summed E-state index contributed by atoms with van der Waals surface area (Å²) >= 11 is 6.23. The van der Waals surface area contributed by atoms with Gasteiger partial charge in [0.05, 0.1) is 15.5 Å². The lowest BCUT2D eigenvalue weighted by Gasteiger charge is -2.22. The molecule has 0 unspecified atom stereocenters. The standard InChI is InChI=1S/C19H21ClN2O3S/c1-13(2)21(3)26(24,25)15-8-9-17(20)16(12-15)19(23)22-11-10-14-6-4-5-7-18(14)22/h4-9,12-13H,10-11H2,1-3H3. The van der Waals surface area contributed by atoms with Crippen LogP contribution in [0.4, 0.5) is 5.69 Å². The second-order valence-corrected chi connectivity index (χ2v) is 9.00. The molecule has 0 fully saturated rings. The maximum absolute atomic E-state index is 13.0. The molecule has 5 nitrogen and oxygen atoms in total. The van der Waals surface area contributed by atoms with Gasteiger partial charge in [0.1, 0.15) is 0 Å². The van der Waals surface area contributed by atoms with Crippen LogP contribution in [0.1, 0.15) is 29.8 Å². The SMILES string of the molecule is CC(C)N(C)S(=O)(=O)c1ccc(Cl)c(C(=O)N2CCc3ccccc32)c1. The predicted molar refractivity (Wildman–Crippen MR) is 103 cm³/mol. The third kappa shape index (κ3) is 3.24. The molecular weight excluding hydrogens is 372 g/mol. The van der Waals surface area contributed by atoms with Gasteiger partial charge in [0, 0.05) is 25.3 Å². The summed E-state index contributed by atoms with van der Waals surface area (Å²) in [7, 11) is -2.17. The lowest BCUT2D eigenvalue weighted by Crippen LogP contribution is -2.33. The van der Waals surface area contributed by atoms with Crippen LogP contribution in [0.25, 0.3) is 0 Å². The quantitative estimate of drug-likeness (QED) is 0.799. The van der Waals surface area contributed by atoms with Crippen LogP contribution in [-0.2, 0) is 16.4 Å². The molecule has 0 saturated carbocycles. The van der Waals surface area contributed by atoms with E-state index in [-0.39, 0.29) is 27.4 Å². The van der Waals surface area contributed by atoms with Gasteiger partial charge in [-0.25, -0.2) is 8.42 Å². The zero-order valence-electron chi connectivity index (χ0n) is 14.9. The zero-order valence-corrected chi connectivity index (χ0v) is 16.5. The van der Waals surface area contributed by atoms with Crippen LogP contribution in [0.15, 0.2) is 47.4 Å². The highest BCUT2D eigenvalue weighted by atomic mass is 35.5. The van der Waals surface area contributed by atoms with Gasteiger partial charge in [0.25, 0.3) is 5.91 Å². The van der Waals surface area contributed by atoms with Gasteiger partial charge >= 0.3 is 0 Å². The van der Waals surface area contributed by atoms with E-state index in [1.54, 1.807) is 18.7 Å². The first-order valence-corrected chi connectivity index (χ1v) is 10.2. The minimum Gasteiger partial charge on any atom is -0.308 e.